The number of benzene rings is 1. The summed E-state index contributed by atoms with van der Waals surface area (Å²) in [6.45, 7) is 8.64. The maximum absolute atomic E-state index is 14.1. The van der Waals surface area contributed by atoms with Crippen LogP contribution in [-0.4, -0.2) is 68.6 Å². The molecule has 0 atom stereocenters. The highest BCUT2D eigenvalue weighted by Crippen LogP contribution is 2.25. The average molecular weight is 417 g/mol. The summed E-state index contributed by atoms with van der Waals surface area (Å²) < 4.78 is 15.5. The van der Waals surface area contributed by atoms with Gasteiger partial charge in [0.25, 0.3) is 0 Å². The number of hydrogen-bond donors (Lipinski definition) is 0. The summed E-state index contributed by atoms with van der Waals surface area (Å²) in [5.74, 6) is -0.648. The zero-order valence-electron chi connectivity index (χ0n) is 17.8. The minimum atomic E-state index is -0.404. The Hall–Kier alpha value is -2.81. The molecule has 0 saturated carbocycles. The third-order valence-corrected chi connectivity index (χ3v) is 5.41. The van der Waals surface area contributed by atoms with Gasteiger partial charge in [0.1, 0.15) is 25.0 Å². The second-order valence-corrected chi connectivity index (χ2v) is 7.84. The first-order chi connectivity index (χ1) is 14.3. The third kappa shape index (κ3) is 5.41. The van der Waals surface area contributed by atoms with Crippen LogP contribution in [0.4, 0.5) is 10.1 Å². The molecule has 30 heavy (non-hydrogen) atoms. The van der Waals surface area contributed by atoms with E-state index in [1.54, 1.807) is 15.9 Å². The standard InChI is InChI=1S/C21H29FN6O2/c1-16(2)25-7-4-8-28(17(3)29)20-11-19(22)6-5-18(20)12-26(10-9-25)21(30)13-27-15-23-14-24-27/h5-6,11,14-16H,4,7-10,12-13H2,1-3H3. The molecule has 2 aromatic rings. The number of carbonyl (C=O) groups excluding carboxylic acids is 2. The van der Waals surface area contributed by atoms with Gasteiger partial charge >= 0.3 is 0 Å². The van der Waals surface area contributed by atoms with Gasteiger partial charge in [0.05, 0.1) is 5.69 Å². The van der Waals surface area contributed by atoms with Crippen LogP contribution in [0.25, 0.3) is 0 Å². The quantitative estimate of drug-likeness (QED) is 0.764. The molecule has 0 aliphatic carbocycles. The number of hydrogen-bond acceptors (Lipinski definition) is 5. The number of rotatable bonds is 3. The van der Waals surface area contributed by atoms with Gasteiger partial charge in [-0.2, -0.15) is 5.10 Å². The van der Waals surface area contributed by atoms with Crippen LogP contribution in [0.5, 0.6) is 0 Å². The molecule has 1 aromatic heterocycles. The van der Waals surface area contributed by atoms with Crippen molar-refractivity contribution in [1.29, 1.82) is 0 Å². The Morgan fingerprint density at radius 1 is 1.17 bits per heavy atom. The van der Waals surface area contributed by atoms with Crippen LogP contribution < -0.4 is 4.90 Å². The highest BCUT2D eigenvalue weighted by Gasteiger charge is 2.23. The molecule has 0 N–H and O–H groups in total. The molecule has 0 bridgehead atoms. The minimum absolute atomic E-state index is 0.0780. The SMILES string of the molecule is CC(=O)N1CCCN(C(C)C)CCN(C(=O)Cn2cncn2)Cc2ccc(F)cc21. The Balaban J connectivity index is 1.94. The van der Waals surface area contributed by atoms with Gasteiger partial charge in [-0.15, -0.1) is 0 Å². The maximum Gasteiger partial charge on any atom is 0.244 e. The van der Waals surface area contributed by atoms with E-state index in [-0.39, 0.29) is 18.4 Å². The second kappa shape index (κ2) is 9.80. The summed E-state index contributed by atoms with van der Waals surface area (Å²) in [7, 11) is 0. The fourth-order valence-corrected chi connectivity index (χ4v) is 3.73. The Labute approximate surface area is 176 Å². The van der Waals surface area contributed by atoms with E-state index in [4.69, 9.17) is 0 Å². The van der Waals surface area contributed by atoms with Crippen molar-refractivity contribution >= 4 is 17.5 Å². The van der Waals surface area contributed by atoms with Crippen molar-refractivity contribution in [2.24, 2.45) is 0 Å². The van der Waals surface area contributed by atoms with Crippen molar-refractivity contribution in [1.82, 2.24) is 24.6 Å². The molecular weight excluding hydrogens is 387 g/mol. The fraction of sp³-hybridized carbons (Fsp3) is 0.524. The van der Waals surface area contributed by atoms with Crippen LogP contribution in [0.2, 0.25) is 0 Å². The van der Waals surface area contributed by atoms with E-state index in [0.717, 1.165) is 25.1 Å². The van der Waals surface area contributed by atoms with E-state index in [1.807, 2.05) is 0 Å². The molecule has 1 aliphatic heterocycles. The predicted octanol–water partition coefficient (Wildman–Crippen LogP) is 1.91. The van der Waals surface area contributed by atoms with Crippen LogP contribution in [0.1, 0.15) is 32.8 Å². The number of amides is 2. The summed E-state index contributed by atoms with van der Waals surface area (Å²) in [5.41, 5.74) is 1.27. The summed E-state index contributed by atoms with van der Waals surface area (Å²) in [6.07, 6.45) is 3.66. The summed E-state index contributed by atoms with van der Waals surface area (Å²) in [4.78, 5) is 35.0. The number of nitrogens with zero attached hydrogens (tertiary/aromatic N) is 6. The van der Waals surface area contributed by atoms with Gasteiger partial charge in [-0.1, -0.05) is 6.07 Å². The molecule has 0 unspecified atom stereocenters. The molecule has 1 aliphatic rings. The molecule has 0 spiro atoms. The molecule has 0 saturated heterocycles. The monoisotopic (exact) mass is 416 g/mol. The maximum atomic E-state index is 14.1. The molecule has 8 nitrogen and oxygen atoms in total. The summed E-state index contributed by atoms with van der Waals surface area (Å²) in [5, 5.41) is 4.02. The number of aromatic nitrogens is 3. The second-order valence-electron chi connectivity index (χ2n) is 7.84. The van der Waals surface area contributed by atoms with Crippen LogP contribution >= 0.6 is 0 Å². The Kier molecular flexibility index (Phi) is 7.15. The lowest BCUT2D eigenvalue weighted by Crippen LogP contribution is -2.42. The van der Waals surface area contributed by atoms with Gasteiger partial charge in [-0.3, -0.25) is 14.5 Å². The predicted molar refractivity (Wildman–Crippen MR) is 111 cm³/mol. The first-order valence-electron chi connectivity index (χ1n) is 10.3. The van der Waals surface area contributed by atoms with E-state index < -0.39 is 5.82 Å². The zero-order valence-corrected chi connectivity index (χ0v) is 17.8. The lowest BCUT2D eigenvalue weighted by Gasteiger charge is -2.30. The van der Waals surface area contributed by atoms with Gasteiger partial charge in [-0.05, 0) is 38.0 Å². The first-order valence-corrected chi connectivity index (χ1v) is 10.3. The number of carbonyl (C=O) groups is 2. The lowest BCUT2D eigenvalue weighted by atomic mass is 10.1. The Morgan fingerprint density at radius 2 is 1.97 bits per heavy atom. The van der Waals surface area contributed by atoms with Crippen LogP contribution in [0.15, 0.2) is 30.9 Å². The van der Waals surface area contributed by atoms with E-state index in [1.165, 1.54) is 36.4 Å². The number of anilines is 1. The molecule has 2 amide bonds. The average Bonchev–Trinajstić information content (AvgIpc) is 3.18. The first kappa shape index (κ1) is 21.9. The smallest absolute Gasteiger partial charge is 0.244 e. The molecule has 0 radical (unpaired) electrons. The topological polar surface area (TPSA) is 74.6 Å². The fourth-order valence-electron chi connectivity index (χ4n) is 3.73. The molecule has 162 valence electrons. The van der Waals surface area contributed by atoms with Crippen LogP contribution in [0, 0.1) is 5.82 Å². The molecule has 9 heteroatoms. The molecule has 3 rings (SSSR count). The number of halogens is 1. The highest BCUT2D eigenvalue weighted by atomic mass is 19.1. The van der Waals surface area contributed by atoms with Crippen molar-refractivity contribution < 1.29 is 14.0 Å². The van der Waals surface area contributed by atoms with Crippen molar-refractivity contribution in [3.05, 3.63) is 42.2 Å². The molecular formula is C21H29FN6O2. The van der Waals surface area contributed by atoms with E-state index in [2.05, 4.69) is 28.8 Å². The largest absolute Gasteiger partial charge is 0.335 e. The van der Waals surface area contributed by atoms with Gasteiger partial charge in [0.2, 0.25) is 11.8 Å². The molecule has 2 heterocycles. The minimum Gasteiger partial charge on any atom is -0.335 e. The van der Waals surface area contributed by atoms with Crippen LogP contribution in [-0.2, 0) is 22.7 Å². The van der Waals surface area contributed by atoms with Crippen molar-refractivity contribution in [2.75, 3.05) is 31.1 Å². The van der Waals surface area contributed by atoms with E-state index in [9.17, 15) is 14.0 Å². The summed E-state index contributed by atoms with van der Waals surface area (Å²) in [6, 6.07) is 4.73. The lowest BCUT2D eigenvalue weighted by molar-refractivity contribution is -0.133. The van der Waals surface area contributed by atoms with Crippen molar-refractivity contribution in [3.8, 4) is 0 Å². The molecule has 0 fully saturated rings. The highest BCUT2D eigenvalue weighted by molar-refractivity contribution is 5.92. The van der Waals surface area contributed by atoms with Gasteiger partial charge in [0.15, 0.2) is 0 Å². The van der Waals surface area contributed by atoms with Gasteiger partial charge in [0, 0.05) is 45.7 Å². The molecule has 1 aromatic carbocycles. The van der Waals surface area contributed by atoms with Gasteiger partial charge in [-0.25, -0.2) is 14.1 Å². The van der Waals surface area contributed by atoms with Crippen molar-refractivity contribution in [2.45, 2.75) is 46.3 Å². The number of fused-ring (bicyclic) bond motifs is 1. The van der Waals surface area contributed by atoms with E-state index in [0.29, 0.717) is 31.4 Å². The Morgan fingerprint density at radius 3 is 2.63 bits per heavy atom. The third-order valence-electron chi connectivity index (χ3n) is 5.41. The van der Waals surface area contributed by atoms with Crippen molar-refractivity contribution in [3.63, 3.8) is 0 Å². The summed E-state index contributed by atoms with van der Waals surface area (Å²) >= 11 is 0. The van der Waals surface area contributed by atoms with E-state index >= 15 is 0 Å². The zero-order chi connectivity index (χ0) is 21.7. The Bertz CT molecular complexity index is 870. The van der Waals surface area contributed by atoms with Gasteiger partial charge < -0.3 is 9.80 Å². The normalized spacial score (nSPS) is 16.3. The van der Waals surface area contributed by atoms with Crippen LogP contribution in [0.3, 0.4) is 0 Å².